The topological polar surface area (TPSA) is 33.9 Å². The highest BCUT2D eigenvalue weighted by atomic mass is 79.9. The Labute approximate surface area is 140 Å². The molecule has 2 aromatic rings. The third-order valence-electron chi connectivity index (χ3n) is 3.92. The number of benzene rings is 2. The van der Waals surface area contributed by atoms with Gasteiger partial charge in [0.25, 0.3) is 0 Å². The van der Waals surface area contributed by atoms with Gasteiger partial charge in [0.2, 0.25) is 0 Å². The van der Waals surface area contributed by atoms with Crippen molar-refractivity contribution in [2.45, 2.75) is 26.9 Å². The highest BCUT2D eigenvalue weighted by molar-refractivity contribution is 9.10. The molecule has 0 aromatic heterocycles. The fourth-order valence-electron chi connectivity index (χ4n) is 2.60. The fourth-order valence-corrected chi connectivity index (χ4v) is 3.01. The van der Waals surface area contributed by atoms with Crippen LogP contribution < -0.4 is 9.64 Å². The molecular weight excluding hydrogens is 342 g/mol. The molecule has 3 nitrogen and oxygen atoms in total. The lowest BCUT2D eigenvalue weighted by atomic mass is 10.0. The zero-order chi connectivity index (χ0) is 16.3. The average molecular weight is 365 g/mol. The number of methoxy groups -OCH3 is 1. The predicted octanol–water partition coefficient (Wildman–Crippen LogP) is 3.00. The van der Waals surface area contributed by atoms with Crippen LogP contribution in [0.5, 0.6) is 11.5 Å². The van der Waals surface area contributed by atoms with Crippen LogP contribution in [0.15, 0.2) is 34.8 Å². The molecule has 2 N–H and O–H groups in total. The number of ether oxygens (including phenoxy) is 1. The normalized spacial score (nSPS) is 12.2. The molecule has 1 atom stereocenters. The van der Waals surface area contributed by atoms with Gasteiger partial charge in [0, 0.05) is 15.6 Å². The first-order valence-electron chi connectivity index (χ1n) is 7.33. The van der Waals surface area contributed by atoms with Gasteiger partial charge in [-0.15, -0.1) is 0 Å². The molecule has 0 bridgehead atoms. The van der Waals surface area contributed by atoms with Crippen molar-refractivity contribution in [3.63, 3.8) is 0 Å². The number of quaternary nitrogens is 1. The van der Waals surface area contributed by atoms with Gasteiger partial charge in [0.05, 0.1) is 14.2 Å². The Morgan fingerprint density at radius 3 is 2.36 bits per heavy atom. The lowest BCUT2D eigenvalue weighted by Gasteiger charge is -2.17. The van der Waals surface area contributed by atoms with E-state index in [1.54, 1.807) is 7.11 Å². The summed E-state index contributed by atoms with van der Waals surface area (Å²) in [5, 5.41) is 10.1. The van der Waals surface area contributed by atoms with Crippen LogP contribution in [-0.4, -0.2) is 19.3 Å². The number of nitrogens with one attached hydrogen (secondary N) is 1. The zero-order valence-electron chi connectivity index (χ0n) is 13.5. The predicted molar refractivity (Wildman–Crippen MR) is 92.6 cm³/mol. The SMILES string of the molecule is COc1ccc(Br)cc1C[NH+](C)Cc1cc(C)c(C)cc1O. The Balaban J connectivity index is 2.15. The van der Waals surface area contributed by atoms with Crippen LogP contribution in [0.2, 0.25) is 0 Å². The average Bonchev–Trinajstić information content (AvgIpc) is 2.45. The Bertz CT molecular complexity index is 670. The number of hydrogen-bond acceptors (Lipinski definition) is 2. The molecule has 22 heavy (non-hydrogen) atoms. The van der Waals surface area contributed by atoms with Crippen molar-refractivity contribution in [1.82, 2.24) is 0 Å². The minimum absolute atomic E-state index is 0.378. The summed E-state index contributed by atoms with van der Waals surface area (Å²) in [4.78, 5) is 1.29. The molecule has 0 heterocycles. The van der Waals surface area contributed by atoms with Gasteiger partial charge < -0.3 is 14.7 Å². The molecule has 1 unspecified atom stereocenters. The van der Waals surface area contributed by atoms with Crippen molar-refractivity contribution in [2.75, 3.05) is 14.2 Å². The van der Waals surface area contributed by atoms with Crippen LogP contribution >= 0.6 is 15.9 Å². The van der Waals surface area contributed by atoms with Crippen molar-refractivity contribution in [3.8, 4) is 11.5 Å². The fraction of sp³-hybridized carbons (Fsp3) is 0.333. The van der Waals surface area contributed by atoms with Crippen LogP contribution in [0.3, 0.4) is 0 Å². The van der Waals surface area contributed by atoms with Gasteiger partial charge in [-0.25, -0.2) is 0 Å². The first-order valence-corrected chi connectivity index (χ1v) is 8.12. The van der Waals surface area contributed by atoms with Gasteiger partial charge in [0.1, 0.15) is 24.6 Å². The number of aryl methyl sites for hydroxylation is 2. The third-order valence-corrected chi connectivity index (χ3v) is 4.42. The first-order chi connectivity index (χ1) is 10.4. The van der Waals surface area contributed by atoms with E-state index >= 15 is 0 Å². The van der Waals surface area contributed by atoms with Gasteiger partial charge in [-0.3, -0.25) is 0 Å². The van der Waals surface area contributed by atoms with Gasteiger partial charge in [0.15, 0.2) is 0 Å². The van der Waals surface area contributed by atoms with Crippen molar-refractivity contribution >= 4 is 15.9 Å². The molecule has 0 amide bonds. The molecule has 2 aromatic carbocycles. The number of rotatable bonds is 5. The minimum Gasteiger partial charge on any atom is -0.507 e. The molecule has 118 valence electrons. The summed E-state index contributed by atoms with van der Waals surface area (Å²) in [6, 6.07) is 9.96. The maximum absolute atomic E-state index is 10.1. The second kappa shape index (κ2) is 7.16. The molecule has 0 radical (unpaired) electrons. The van der Waals surface area contributed by atoms with Crippen LogP contribution in [0.25, 0.3) is 0 Å². The number of phenolic OH excluding ortho intramolecular Hbond substituents is 1. The van der Waals surface area contributed by atoms with Gasteiger partial charge in [-0.2, -0.15) is 0 Å². The second-order valence-corrected chi connectivity index (χ2v) is 6.75. The molecular formula is C18H23BrNO2+. The van der Waals surface area contributed by atoms with E-state index in [1.165, 1.54) is 10.5 Å². The number of aromatic hydroxyl groups is 1. The lowest BCUT2D eigenvalue weighted by molar-refractivity contribution is -0.907. The van der Waals surface area contributed by atoms with Crippen LogP contribution in [-0.2, 0) is 13.1 Å². The maximum Gasteiger partial charge on any atom is 0.127 e. The number of phenols is 1. The summed E-state index contributed by atoms with van der Waals surface area (Å²) >= 11 is 3.51. The molecule has 0 aliphatic rings. The summed E-state index contributed by atoms with van der Waals surface area (Å²) in [5.74, 6) is 1.27. The van der Waals surface area contributed by atoms with Gasteiger partial charge >= 0.3 is 0 Å². The Morgan fingerprint density at radius 1 is 1.05 bits per heavy atom. The van der Waals surface area contributed by atoms with E-state index in [0.717, 1.165) is 40.0 Å². The van der Waals surface area contributed by atoms with E-state index < -0.39 is 0 Å². The largest absolute Gasteiger partial charge is 0.507 e. The summed E-state index contributed by atoms with van der Waals surface area (Å²) in [6.07, 6.45) is 0. The minimum atomic E-state index is 0.378. The maximum atomic E-state index is 10.1. The molecule has 0 aliphatic carbocycles. The molecule has 2 rings (SSSR count). The third kappa shape index (κ3) is 4.02. The Kier molecular flexibility index (Phi) is 5.48. The van der Waals surface area contributed by atoms with Crippen molar-refractivity contribution < 1.29 is 14.7 Å². The first kappa shape index (κ1) is 16.8. The van der Waals surface area contributed by atoms with Crippen molar-refractivity contribution in [1.29, 1.82) is 0 Å². The molecule has 0 fully saturated rings. The van der Waals surface area contributed by atoms with E-state index in [-0.39, 0.29) is 0 Å². The van der Waals surface area contributed by atoms with Gasteiger partial charge in [-0.05, 0) is 55.3 Å². The second-order valence-electron chi connectivity index (χ2n) is 5.83. The lowest BCUT2D eigenvalue weighted by Crippen LogP contribution is -3.06. The van der Waals surface area contributed by atoms with E-state index in [0.29, 0.717) is 5.75 Å². The van der Waals surface area contributed by atoms with Gasteiger partial charge in [-0.1, -0.05) is 15.9 Å². The van der Waals surface area contributed by atoms with Crippen LogP contribution in [0.4, 0.5) is 0 Å². The monoisotopic (exact) mass is 364 g/mol. The van der Waals surface area contributed by atoms with Crippen molar-refractivity contribution in [2.24, 2.45) is 0 Å². The standard InChI is InChI=1S/C18H22BrNO2/c1-12-7-14(17(21)8-13(12)2)10-20(3)11-15-9-16(19)5-6-18(15)22-4/h5-9,21H,10-11H2,1-4H3/p+1. The van der Waals surface area contributed by atoms with E-state index in [1.807, 2.05) is 25.1 Å². The van der Waals surface area contributed by atoms with Crippen LogP contribution in [0, 0.1) is 13.8 Å². The Hall–Kier alpha value is -1.52. The highest BCUT2D eigenvalue weighted by Gasteiger charge is 2.13. The highest BCUT2D eigenvalue weighted by Crippen LogP contribution is 2.23. The molecule has 0 saturated carbocycles. The van der Waals surface area contributed by atoms with Crippen LogP contribution in [0.1, 0.15) is 22.3 Å². The van der Waals surface area contributed by atoms with E-state index in [4.69, 9.17) is 4.74 Å². The summed E-state index contributed by atoms with van der Waals surface area (Å²) in [6.45, 7) is 5.68. The van der Waals surface area contributed by atoms with Crippen molar-refractivity contribution in [3.05, 3.63) is 57.1 Å². The molecule has 4 heteroatoms. The summed E-state index contributed by atoms with van der Waals surface area (Å²) < 4.78 is 6.47. The quantitative estimate of drug-likeness (QED) is 0.854. The zero-order valence-corrected chi connectivity index (χ0v) is 15.1. The van der Waals surface area contributed by atoms with E-state index in [2.05, 4.69) is 42.0 Å². The summed E-state index contributed by atoms with van der Waals surface area (Å²) in [7, 11) is 3.81. The summed E-state index contributed by atoms with van der Waals surface area (Å²) in [5.41, 5.74) is 4.46. The smallest absolute Gasteiger partial charge is 0.127 e. The molecule has 0 saturated heterocycles. The number of hydrogen-bond donors (Lipinski definition) is 2. The number of halogens is 1. The van der Waals surface area contributed by atoms with E-state index in [9.17, 15) is 5.11 Å². The molecule has 0 aliphatic heterocycles. The molecule has 0 spiro atoms. The Morgan fingerprint density at radius 2 is 1.68 bits per heavy atom.